The summed E-state index contributed by atoms with van der Waals surface area (Å²) in [5.41, 5.74) is 2.28. The monoisotopic (exact) mass is 235 g/mol. The van der Waals surface area contributed by atoms with Gasteiger partial charge in [0.15, 0.2) is 5.78 Å². The van der Waals surface area contributed by atoms with Crippen LogP contribution in [0.2, 0.25) is 0 Å². The van der Waals surface area contributed by atoms with Crippen molar-refractivity contribution in [2.75, 3.05) is 7.11 Å². The molecule has 0 spiro atoms. The highest BCUT2D eigenvalue weighted by Crippen LogP contribution is 2.12. The minimum Gasteiger partial charge on any atom is -0.481 e. The Hall–Kier alpha value is -1.82. The first kappa shape index (κ1) is 10.7. The quantitative estimate of drug-likeness (QED) is 0.749. The second-order valence-corrected chi connectivity index (χ2v) is 3.90. The summed E-state index contributed by atoms with van der Waals surface area (Å²) in [5, 5.41) is 0. The van der Waals surface area contributed by atoms with E-state index in [1.807, 2.05) is 0 Å². The molecule has 2 heterocycles. The van der Waals surface area contributed by atoms with Gasteiger partial charge in [0.1, 0.15) is 6.33 Å². The fourth-order valence-corrected chi connectivity index (χ4v) is 1.75. The predicted octanol–water partition coefficient (Wildman–Crippen LogP) is 1.37. The third kappa shape index (κ3) is 2.40. The minimum atomic E-state index is 0.00301. The van der Waals surface area contributed by atoms with Crippen molar-refractivity contribution < 1.29 is 9.53 Å². The molecule has 2 aromatic heterocycles. The van der Waals surface area contributed by atoms with Gasteiger partial charge in [-0.15, -0.1) is 11.3 Å². The Balaban J connectivity index is 2.12. The van der Waals surface area contributed by atoms with E-state index in [9.17, 15) is 4.79 Å². The SMILES string of the molecule is COc1cc(CC(=O)c2cncs2)ncn1. The van der Waals surface area contributed by atoms with Crippen molar-refractivity contribution in [3.05, 3.63) is 34.7 Å². The number of hydrogen-bond acceptors (Lipinski definition) is 6. The van der Waals surface area contributed by atoms with E-state index in [2.05, 4.69) is 15.0 Å². The first-order valence-corrected chi connectivity index (χ1v) is 5.44. The number of nitrogens with zero attached hydrogens (tertiary/aromatic N) is 3. The summed E-state index contributed by atoms with van der Waals surface area (Å²) in [4.78, 5) is 24.1. The molecule has 0 radical (unpaired) electrons. The lowest BCUT2D eigenvalue weighted by Crippen LogP contribution is -2.04. The molecule has 0 fully saturated rings. The molecule has 0 N–H and O–H groups in total. The molecule has 0 saturated carbocycles. The molecule has 6 heteroatoms. The second kappa shape index (κ2) is 4.80. The van der Waals surface area contributed by atoms with E-state index in [4.69, 9.17) is 4.74 Å². The molecule has 2 aromatic rings. The Morgan fingerprint density at radius 3 is 3.06 bits per heavy atom. The average Bonchev–Trinajstić information content (AvgIpc) is 2.83. The van der Waals surface area contributed by atoms with Crippen molar-refractivity contribution >= 4 is 17.1 Å². The van der Waals surface area contributed by atoms with Crippen LogP contribution in [0.25, 0.3) is 0 Å². The van der Waals surface area contributed by atoms with Gasteiger partial charge >= 0.3 is 0 Å². The minimum absolute atomic E-state index is 0.00301. The first-order chi connectivity index (χ1) is 7.79. The van der Waals surface area contributed by atoms with Crippen molar-refractivity contribution in [2.45, 2.75) is 6.42 Å². The van der Waals surface area contributed by atoms with Crippen molar-refractivity contribution in [1.82, 2.24) is 15.0 Å². The van der Waals surface area contributed by atoms with E-state index in [1.54, 1.807) is 17.8 Å². The topological polar surface area (TPSA) is 65.0 Å². The van der Waals surface area contributed by atoms with Crippen LogP contribution in [0.1, 0.15) is 15.4 Å². The number of thiazole rings is 1. The molecule has 0 aliphatic heterocycles. The average molecular weight is 235 g/mol. The maximum atomic E-state index is 11.7. The maximum absolute atomic E-state index is 11.7. The maximum Gasteiger partial charge on any atom is 0.216 e. The molecule has 0 amide bonds. The summed E-state index contributed by atoms with van der Waals surface area (Å²) in [5.74, 6) is 0.463. The number of carbonyl (C=O) groups is 1. The van der Waals surface area contributed by atoms with E-state index in [-0.39, 0.29) is 12.2 Å². The summed E-state index contributed by atoms with van der Waals surface area (Å²) in [7, 11) is 1.52. The van der Waals surface area contributed by atoms with Gasteiger partial charge in [-0.1, -0.05) is 0 Å². The van der Waals surface area contributed by atoms with Crippen molar-refractivity contribution in [3.8, 4) is 5.88 Å². The Bertz CT molecular complexity index is 485. The predicted molar refractivity (Wildman–Crippen MR) is 58.7 cm³/mol. The van der Waals surface area contributed by atoms with Crippen molar-refractivity contribution in [3.63, 3.8) is 0 Å². The van der Waals surface area contributed by atoms with E-state index < -0.39 is 0 Å². The standard InChI is InChI=1S/C10H9N3O2S/c1-15-10-3-7(12-5-13-10)2-8(14)9-4-11-6-16-9/h3-6H,2H2,1H3. The van der Waals surface area contributed by atoms with Crippen molar-refractivity contribution in [1.29, 1.82) is 0 Å². The first-order valence-electron chi connectivity index (χ1n) is 4.56. The van der Waals surface area contributed by atoms with Crippen LogP contribution in [0.4, 0.5) is 0 Å². The molecular weight excluding hydrogens is 226 g/mol. The molecule has 0 aromatic carbocycles. The van der Waals surface area contributed by atoms with Crippen LogP contribution in [-0.4, -0.2) is 27.8 Å². The zero-order valence-corrected chi connectivity index (χ0v) is 9.40. The van der Waals surface area contributed by atoms with Gasteiger partial charge < -0.3 is 4.74 Å². The normalized spacial score (nSPS) is 10.1. The van der Waals surface area contributed by atoms with Crippen LogP contribution in [0.3, 0.4) is 0 Å². The lowest BCUT2D eigenvalue weighted by Gasteiger charge is -2.00. The fraction of sp³-hybridized carbons (Fsp3) is 0.200. The molecule has 16 heavy (non-hydrogen) atoms. The second-order valence-electron chi connectivity index (χ2n) is 3.02. The van der Waals surface area contributed by atoms with Gasteiger partial charge in [0.05, 0.1) is 29.6 Å². The molecule has 0 atom stereocenters. The van der Waals surface area contributed by atoms with Gasteiger partial charge in [-0.3, -0.25) is 9.78 Å². The zero-order valence-electron chi connectivity index (χ0n) is 8.58. The lowest BCUT2D eigenvalue weighted by atomic mass is 10.2. The molecule has 0 unspecified atom stereocenters. The number of hydrogen-bond donors (Lipinski definition) is 0. The lowest BCUT2D eigenvalue weighted by molar-refractivity contribution is 0.0995. The number of ether oxygens (including phenoxy) is 1. The van der Waals surface area contributed by atoms with E-state index in [0.717, 1.165) is 0 Å². The highest BCUT2D eigenvalue weighted by molar-refractivity contribution is 7.11. The number of ketones is 1. The van der Waals surface area contributed by atoms with E-state index in [0.29, 0.717) is 16.5 Å². The summed E-state index contributed by atoms with van der Waals surface area (Å²) in [6, 6.07) is 1.65. The summed E-state index contributed by atoms with van der Waals surface area (Å²) >= 11 is 1.32. The molecule has 2 rings (SSSR count). The van der Waals surface area contributed by atoms with Gasteiger partial charge in [0.2, 0.25) is 5.88 Å². The summed E-state index contributed by atoms with van der Waals surface area (Å²) in [6.07, 6.45) is 3.18. The van der Waals surface area contributed by atoms with Crippen LogP contribution in [0.5, 0.6) is 5.88 Å². The van der Waals surface area contributed by atoms with Crippen LogP contribution >= 0.6 is 11.3 Å². The number of Topliss-reactive ketones (excluding diaryl/α,β-unsaturated/α-hetero) is 1. The fourth-order valence-electron chi connectivity index (χ4n) is 1.19. The molecule has 0 saturated heterocycles. The summed E-state index contributed by atoms with van der Waals surface area (Å²) < 4.78 is 4.95. The van der Waals surface area contributed by atoms with Crippen LogP contribution < -0.4 is 4.74 Å². The highest BCUT2D eigenvalue weighted by atomic mass is 32.1. The van der Waals surface area contributed by atoms with E-state index >= 15 is 0 Å². The Labute approximate surface area is 96.2 Å². The Morgan fingerprint density at radius 2 is 2.38 bits per heavy atom. The molecular formula is C10H9N3O2S. The highest BCUT2D eigenvalue weighted by Gasteiger charge is 2.10. The third-order valence-electron chi connectivity index (χ3n) is 1.96. The Morgan fingerprint density at radius 1 is 1.50 bits per heavy atom. The third-order valence-corrected chi connectivity index (χ3v) is 2.77. The van der Waals surface area contributed by atoms with E-state index in [1.165, 1.54) is 24.8 Å². The number of rotatable bonds is 4. The van der Waals surface area contributed by atoms with Crippen molar-refractivity contribution in [2.24, 2.45) is 0 Å². The summed E-state index contributed by atoms with van der Waals surface area (Å²) in [6.45, 7) is 0. The van der Waals surface area contributed by atoms with Gasteiger partial charge in [0, 0.05) is 12.3 Å². The largest absolute Gasteiger partial charge is 0.481 e. The smallest absolute Gasteiger partial charge is 0.216 e. The van der Waals surface area contributed by atoms with Crippen LogP contribution in [0, 0.1) is 0 Å². The van der Waals surface area contributed by atoms with Gasteiger partial charge in [-0.05, 0) is 0 Å². The molecule has 5 nitrogen and oxygen atoms in total. The Kier molecular flexibility index (Phi) is 3.21. The molecule has 82 valence electrons. The molecule has 0 aliphatic carbocycles. The number of methoxy groups -OCH3 is 1. The number of aromatic nitrogens is 3. The van der Waals surface area contributed by atoms with Crippen LogP contribution in [-0.2, 0) is 6.42 Å². The van der Waals surface area contributed by atoms with Crippen LogP contribution in [0.15, 0.2) is 24.1 Å². The van der Waals surface area contributed by atoms with Gasteiger partial charge in [0.25, 0.3) is 0 Å². The number of carbonyl (C=O) groups excluding carboxylic acids is 1. The van der Waals surface area contributed by atoms with Gasteiger partial charge in [-0.25, -0.2) is 9.97 Å². The molecule has 0 bridgehead atoms. The zero-order chi connectivity index (χ0) is 11.4. The van der Waals surface area contributed by atoms with Gasteiger partial charge in [-0.2, -0.15) is 0 Å². The molecule has 0 aliphatic rings.